The molecule has 2 rings (SSSR count). The number of rotatable bonds is 5. The smallest absolute Gasteiger partial charge is 0.259 e. The van der Waals surface area contributed by atoms with E-state index in [0.29, 0.717) is 10.7 Å². The predicted molar refractivity (Wildman–Crippen MR) is 76.5 cm³/mol. The van der Waals surface area contributed by atoms with Gasteiger partial charge in [0.25, 0.3) is 5.91 Å². The predicted octanol–water partition coefficient (Wildman–Crippen LogP) is 2.23. The Morgan fingerprint density at radius 1 is 1.32 bits per heavy atom. The van der Waals surface area contributed by atoms with Gasteiger partial charge in [-0.2, -0.15) is 5.10 Å². The maximum atomic E-state index is 11.5. The van der Waals surface area contributed by atoms with Crippen LogP contribution in [0.4, 0.5) is 5.69 Å². The molecule has 2 aromatic rings. The first-order chi connectivity index (χ1) is 9.25. The lowest BCUT2D eigenvalue weighted by molar-refractivity contribution is -0.119. The van der Waals surface area contributed by atoms with Crippen LogP contribution in [0.3, 0.4) is 0 Å². The van der Waals surface area contributed by atoms with E-state index in [1.165, 1.54) is 6.21 Å². The zero-order valence-corrected chi connectivity index (χ0v) is 10.8. The number of hydrazone groups is 1. The third-order valence-corrected chi connectivity index (χ3v) is 2.66. The van der Waals surface area contributed by atoms with Gasteiger partial charge in [-0.05, 0) is 24.3 Å². The molecule has 0 aliphatic carbocycles. The Bertz CT molecular complexity index is 566. The Labute approximate surface area is 115 Å². The van der Waals surface area contributed by atoms with E-state index in [1.807, 2.05) is 24.3 Å². The fourth-order valence-electron chi connectivity index (χ4n) is 1.42. The summed E-state index contributed by atoms with van der Waals surface area (Å²) < 4.78 is 0. The van der Waals surface area contributed by atoms with Crippen molar-refractivity contribution in [2.75, 3.05) is 11.9 Å². The lowest BCUT2D eigenvalue weighted by Gasteiger charge is -2.06. The molecule has 0 atom stereocenters. The number of amides is 1. The highest BCUT2D eigenvalue weighted by molar-refractivity contribution is 6.33. The number of carbonyl (C=O) groups is 1. The fourth-order valence-corrected chi connectivity index (χ4v) is 1.62. The SMILES string of the molecule is O=C(CNc1ccccc1Cl)N/N=C/c1ccc[nH]1. The van der Waals surface area contributed by atoms with E-state index in [1.54, 1.807) is 18.3 Å². The number of para-hydroxylation sites is 1. The minimum atomic E-state index is -0.247. The zero-order chi connectivity index (χ0) is 13.5. The summed E-state index contributed by atoms with van der Waals surface area (Å²) in [5, 5.41) is 7.32. The van der Waals surface area contributed by atoms with Gasteiger partial charge in [0.05, 0.1) is 29.2 Å². The second kappa shape index (κ2) is 6.61. The molecule has 3 N–H and O–H groups in total. The Balaban J connectivity index is 1.78. The number of nitrogens with one attached hydrogen (secondary N) is 3. The average molecular weight is 277 g/mol. The minimum Gasteiger partial charge on any atom is -0.375 e. The summed E-state index contributed by atoms with van der Waals surface area (Å²) in [5.41, 5.74) is 3.95. The van der Waals surface area contributed by atoms with E-state index < -0.39 is 0 Å². The summed E-state index contributed by atoms with van der Waals surface area (Å²) in [6.45, 7) is 0.103. The summed E-state index contributed by atoms with van der Waals surface area (Å²) in [4.78, 5) is 14.5. The van der Waals surface area contributed by atoms with Crippen molar-refractivity contribution in [3.05, 3.63) is 53.3 Å². The molecule has 1 aromatic heterocycles. The van der Waals surface area contributed by atoms with Gasteiger partial charge in [0.2, 0.25) is 0 Å². The Morgan fingerprint density at radius 2 is 2.16 bits per heavy atom. The number of hydrogen-bond acceptors (Lipinski definition) is 3. The molecule has 0 bridgehead atoms. The van der Waals surface area contributed by atoms with E-state index in [0.717, 1.165) is 5.69 Å². The van der Waals surface area contributed by atoms with E-state index >= 15 is 0 Å². The lowest BCUT2D eigenvalue weighted by Crippen LogP contribution is -2.25. The highest BCUT2D eigenvalue weighted by Crippen LogP contribution is 2.19. The second-order valence-electron chi connectivity index (χ2n) is 3.75. The van der Waals surface area contributed by atoms with Gasteiger partial charge < -0.3 is 10.3 Å². The molecule has 6 heteroatoms. The van der Waals surface area contributed by atoms with Crippen molar-refractivity contribution in [1.29, 1.82) is 0 Å². The Hall–Kier alpha value is -2.27. The van der Waals surface area contributed by atoms with Gasteiger partial charge in [-0.3, -0.25) is 4.79 Å². The molecule has 0 saturated carbocycles. The summed E-state index contributed by atoms with van der Waals surface area (Å²) in [5.74, 6) is -0.247. The van der Waals surface area contributed by atoms with Gasteiger partial charge >= 0.3 is 0 Å². The number of benzene rings is 1. The standard InChI is InChI=1S/C13H13ClN4O/c14-11-5-1-2-6-12(11)16-9-13(19)18-17-8-10-4-3-7-15-10/h1-8,15-16H,9H2,(H,18,19)/b17-8+. The largest absolute Gasteiger partial charge is 0.375 e. The van der Waals surface area contributed by atoms with Crippen molar-refractivity contribution < 1.29 is 4.79 Å². The van der Waals surface area contributed by atoms with Crippen molar-refractivity contribution in [1.82, 2.24) is 10.4 Å². The lowest BCUT2D eigenvalue weighted by atomic mass is 10.3. The molecule has 19 heavy (non-hydrogen) atoms. The number of carbonyl (C=O) groups excluding carboxylic acids is 1. The van der Waals surface area contributed by atoms with Crippen LogP contribution in [0, 0.1) is 0 Å². The molecule has 0 aliphatic rings. The first kappa shape index (κ1) is 13.2. The molecule has 1 amide bonds. The first-order valence-electron chi connectivity index (χ1n) is 5.69. The molecule has 0 aliphatic heterocycles. The average Bonchev–Trinajstić information content (AvgIpc) is 2.91. The maximum absolute atomic E-state index is 11.5. The van der Waals surface area contributed by atoms with Crippen molar-refractivity contribution in [2.24, 2.45) is 5.10 Å². The molecule has 98 valence electrons. The number of aromatic amines is 1. The summed E-state index contributed by atoms with van der Waals surface area (Å²) in [6.07, 6.45) is 3.32. The molecular weight excluding hydrogens is 264 g/mol. The van der Waals surface area contributed by atoms with Crippen LogP contribution in [0.25, 0.3) is 0 Å². The highest BCUT2D eigenvalue weighted by atomic mass is 35.5. The van der Waals surface area contributed by atoms with Crippen LogP contribution in [-0.2, 0) is 4.79 Å². The Morgan fingerprint density at radius 3 is 2.89 bits per heavy atom. The number of hydrogen-bond donors (Lipinski definition) is 3. The maximum Gasteiger partial charge on any atom is 0.259 e. The summed E-state index contributed by atoms with van der Waals surface area (Å²) >= 11 is 5.95. The van der Waals surface area contributed by atoms with Crippen LogP contribution in [0.15, 0.2) is 47.7 Å². The third-order valence-electron chi connectivity index (χ3n) is 2.33. The third kappa shape index (κ3) is 4.15. The van der Waals surface area contributed by atoms with E-state index in [2.05, 4.69) is 20.8 Å². The number of H-pyrrole nitrogens is 1. The van der Waals surface area contributed by atoms with Crippen LogP contribution < -0.4 is 10.7 Å². The van der Waals surface area contributed by atoms with Gasteiger partial charge in [-0.15, -0.1) is 0 Å². The monoisotopic (exact) mass is 276 g/mol. The Kier molecular flexibility index (Phi) is 4.58. The molecule has 0 spiro atoms. The normalized spacial score (nSPS) is 10.6. The van der Waals surface area contributed by atoms with Gasteiger partial charge in [0.15, 0.2) is 0 Å². The number of nitrogens with zero attached hydrogens (tertiary/aromatic N) is 1. The van der Waals surface area contributed by atoms with Crippen LogP contribution in [0.1, 0.15) is 5.69 Å². The topological polar surface area (TPSA) is 69.3 Å². The molecule has 0 unspecified atom stereocenters. The van der Waals surface area contributed by atoms with Crippen molar-refractivity contribution in [2.45, 2.75) is 0 Å². The minimum absolute atomic E-state index is 0.103. The van der Waals surface area contributed by atoms with Crippen molar-refractivity contribution >= 4 is 29.4 Å². The molecule has 5 nitrogen and oxygen atoms in total. The first-order valence-corrected chi connectivity index (χ1v) is 6.07. The van der Waals surface area contributed by atoms with Crippen molar-refractivity contribution in [3.8, 4) is 0 Å². The second-order valence-corrected chi connectivity index (χ2v) is 4.16. The molecular formula is C13H13ClN4O. The fraction of sp³-hybridized carbons (Fsp3) is 0.0769. The van der Waals surface area contributed by atoms with Crippen molar-refractivity contribution in [3.63, 3.8) is 0 Å². The van der Waals surface area contributed by atoms with Gasteiger partial charge in [0.1, 0.15) is 0 Å². The molecule has 0 radical (unpaired) electrons. The van der Waals surface area contributed by atoms with Gasteiger partial charge in [-0.25, -0.2) is 5.43 Å². The number of aromatic nitrogens is 1. The number of anilines is 1. The summed E-state index contributed by atoms with van der Waals surface area (Å²) in [6, 6.07) is 10.9. The highest BCUT2D eigenvalue weighted by Gasteiger charge is 2.01. The van der Waals surface area contributed by atoms with Crippen LogP contribution in [0.5, 0.6) is 0 Å². The molecule has 1 aromatic carbocycles. The molecule has 1 heterocycles. The zero-order valence-electron chi connectivity index (χ0n) is 10.1. The van der Waals surface area contributed by atoms with Gasteiger partial charge in [-0.1, -0.05) is 23.7 Å². The number of halogens is 1. The van der Waals surface area contributed by atoms with Crippen LogP contribution in [0.2, 0.25) is 5.02 Å². The molecule has 0 saturated heterocycles. The van der Waals surface area contributed by atoms with Crippen LogP contribution >= 0.6 is 11.6 Å². The quantitative estimate of drug-likeness (QED) is 0.579. The summed E-state index contributed by atoms with van der Waals surface area (Å²) in [7, 11) is 0. The van der Waals surface area contributed by atoms with Crippen LogP contribution in [-0.4, -0.2) is 23.7 Å². The van der Waals surface area contributed by atoms with E-state index in [-0.39, 0.29) is 12.5 Å². The van der Waals surface area contributed by atoms with E-state index in [4.69, 9.17) is 11.6 Å². The molecule has 0 fully saturated rings. The van der Waals surface area contributed by atoms with E-state index in [9.17, 15) is 4.79 Å². The van der Waals surface area contributed by atoms with Gasteiger partial charge in [0, 0.05) is 6.20 Å².